The first kappa shape index (κ1) is 14.0. The summed E-state index contributed by atoms with van der Waals surface area (Å²) in [5.41, 5.74) is 0. The standard InChI is InChI=1S/C14H29NO/c1-5-15-9-11(2)10-16-14-7-6-12(3)13(4)8-14/h11-15H,5-10H2,1-4H3. The van der Waals surface area contributed by atoms with Crippen molar-refractivity contribution in [3.63, 3.8) is 0 Å². The van der Waals surface area contributed by atoms with Gasteiger partial charge in [-0.15, -0.1) is 0 Å². The first-order valence-electron chi connectivity index (χ1n) is 6.95. The summed E-state index contributed by atoms with van der Waals surface area (Å²) in [4.78, 5) is 0. The number of nitrogens with one attached hydrogen (secondary N) is 1. The minimum atomic E-state index is 0.523. The molecule has 0 aliphatic heterocycles. The van der Waals surface area contributed by atoms with Crippen molar-refractivity contribution in [3.8, 4) is 0 Å². The van der Waals surface area contributed by atoms with Crippen molar-refractivity contribution in [3.05, 3.63) is 0 Å². The summed E-state index contributed by atoms with van der Waals surface area (Å²) in [6.07, 6.45) is 4.39. The lowest BCUT2D eigenvalue weighted by Gasteiger charge is -2.32. The van der Waals surface area contributed by atoms with E-state index in [1.807, 2.05) is 0 Å². The van der Waals surface area contributed by atoms with Gasteiger partial charge in [0.15, 0.2) is 0 Å². The van der Waals surface area contributed by atoms with Crippen LogP contribution in [-0.4, -0.2) is 25.8 Å². The average Bonchev–Trinajstić information content (AvgIpc) is 2.28. The zero-order chi connectivity index (χ0) is 12.0. The fraction of sp³-hybridized carbons (Fsp3) is 1.00. The van der Waals surface area contributed by atoms with E-state index in [0.717, 1.165) is 31.5 Å². The molecule has 0 spiro atoms. The summed E-state index contributed by atoms with van der Waals surface area (Å²) in [5.74, 6) is 2.36. The molecule has 96 valence electrons. The van der Waals surface area contributed by atoms with E-state index in [2.05, 4.69) is 33.0 Å². The van der Waals surface area contributed by atoms with Crippen LogP contribution in [0.15, 0.2) is 0 Å². The second-order valence-corrected chi connectivity index (χ2v) is 5.64. The van der Waals surface area contributed by atoms with Gasteiger partial charge in [0.2, 0.25) is 0 Å². The Morgan fingerprint density at radius 2 is 2.00 bits per heavy atom. The van der Waals surface area contributed by atoms with Crippen LogP contribution in [0.4, 0.5) is 0 Å². The fourth-order valence-electron chi connectivity index (χ4n) is 2.40. The molecule has 1 aliphatic rings. The number of ether oxygens (including phenoxy) is 1. The summed E-state index contributed by atoms with van der Waals surface area (Å²) in [6, 6.07) is 0. The third kappa shape index (κ3) is 4.84. The van der Waals surface area contributed by atoms with Gasteiger partial charge in [0, 0.05) is 0 Å². The van der Waals surface area contributed by atoms with Gasteiger partial charge in [-0.05, 0) is 50.1 Å². The fourth-order valence-corrected chi connectivity index (χ4v) is 2.40. The Bertz CT molecular complexity index is 184. The van der Waals surface area contributed by atoms with Crippen LogP contribution in [0.1, 0.15) is 47.0 Å². The molecule has 0 saturated heterocycles. The van der Waals surface area contributed by atoms with Gasteiger partial charge in [-0.25, -0.2) is 0 Å². The van der Waals surface area contributed by atoms with Crippen LogP contribution in [0.2, 0.25) is 0 Å². The molecule has 0 radical (unpaired) electrons. The highest BCUT2D eigenvalue weighted by molar-refractivity contribution is 4.75. The van der Waals surface area contributed by atoms with E-state index in [0.29, 0.717) is 12.0 Å². The van der Waals surface area contributed by atoms with Gasteiger partial charge in [-0.1, -0.05) is 27.7 Å². The lowest BCUT2D eigenvalue weighted by molar-refractivity contribution is -0.0113. The van der Waals surface area contributed by atoms with Gasteiger partial charge in [0.05, 0.1) is 12.7 Å². The molecule has 2 heteroatoms. The molecule has 1 rings (SSSR count). The minimum absolute atomic E-state index is 0.523. The predicted molar refractivity (Wildman–Crippen MR) is 69.6 cm³/mol. The summed E-state index contributed by atoms with van der Waals surface area (Å²) in [6.45, 7) is 12.2. The molecule has 2 nitrogen and oxygen atoms in total. The van der Waals surface area contributed by atoms with Crippen molar-refractivity contribution >= 4 is 0 Å². The lowest BCUT2D eigenvalue weighted by Crippen LogP contribution is -2.30. The Morgan fingerprint density at radius 1 is 1.25 bits per heavy atom. The van der Waals surface area contributed by atoms with Crippen LogP contribution in [0.5, 0.6) is 0 Å². The van der Waals surface area contributed by atoms with Crippen molar-refractivity contribution in [2.45, 2.75) is 53.1 Å². The van der Waals surface area contributed by atoms with E-state index >= 15 is 0 Å². The predicted octanol–water partition coefficient (Wildman–Crippen LogP) is 3.07. The van der Waals surface area contributed by atoms with Gasteiger partial charge >= 0.3 is 0 Å². The Kier molecular flexibility index (Phi) is 6.37. The van der Waals surface area contributed by atoms with E-state index in [-0.39, 0.29) is 0 Å². The zero-order valence-electron chi connectivity index (χ0n) is 11.5. The zero-order valence-corrected chi connectivity index (χ0v) is 11.5. The smallest absolute Gasteiger partial charge is 0.0578 e. The maximum absolute atomic E-state index is 6.02. The van der Waals surface area contributed by atoms with Crippen LogP contribution in [0, 0.1) is 17.8 Å². The number of hydrogen-bond donors (Lipinski definition) is 1. The van der Waals surface area contributed by atoms with Crippen LogP contribution >= 0.6 is 0 Å². The summed E-state index contributed by atoms with van der Waals surface area (Å²) in [7, 11) is 0. The molecule has 4 unspecified atom stereocenters. The quantitative estimate of drug-likeness (QED) is 0.753. The van der Waals surface area contributed by atoms with Crippen LogP contribution in [0.25, 0.3) is 0 Å². The van der Waals surface area contributed by atoms with Crippen LogP contribution in [0.3, 0.4) is 0 Å². The maximum atomic E-state index is 6.02. The second kappa shape index (κ2) is 7.29. The van der Waals surface area contributed by atoms with Gasteiger partial charge < -0.3 is 10.1 Å². The summed E-state index contributed by atoms with van der Waals surface area (Å²) < 4.78 is 6.02. The molecular weight excluding hydrogens is 198 g/mol. The summed E-state index contributed by atoms with van der Waals surface area (Å²) >= 11 is 0. The monoisotopic (exact) mass is 227 g/mol. The molecular formula is C14H29NO. The number of hydrogen-bond acceptors (Lipinski definition) is 2. The van der Waals surface area contributed by atoms with Crippen molar-refractivity contribution in [1.29, 1.82) is 0 Å². The minimum Gasteiger partial charge on any atom is -0.378 e. The molecule has 0 bridgehead atoms. The van der Waals surface area contributed by atoms with E-state index in [1.54, 1.807) is 0 Å². The van der Waals surface area contributed by atoms with Crippen molar-refractivity contribution in [2.75, 3.05) is 19.7 Å². The van der Waals surface area contributed by atoms with Gasteiger partial charge in [0.1, 0.15) is 0 Å². The second-order valence-electron chi connectivity index (χ2n) is 5.64. The molecule has 0 heterocycles. The van der Waals surface area contributed by atoms with E-state index in [1.165, 1.54) is 19.3 Å². The lowest BCUT2D eigenvalue weighted by atomic mass is 9.80. The highest BCUT2D eigenvalue weighted by Crippen LogP contribution is 2.31. The van der Waals surface area contributed by atoms with Crippen molar-refractivity contribution in [2.24, 2.45) is 17.8 Å². The Balaban J connectivity index is 2.13. The molecule has 0 aromatic rings. The van der Waals surface area contributed by atoms with Gasteiger partial charge in [0.25, 0.3) is 0 Å². The van der Waals surface area contributed by atoms with E-state index in [9.17, 15) is 0 Å². The molecule has 0 aromatic carbocycles. The molecule has 1 saturated carbocycles. The molecule has 1 aliphatic carbocycles. The third-order valence-electron chi connectivity index (χ3n) is 3.91. The Labute approximate surface area is 101 Å². The van der Waals surface area contributed by atoms with E-state index < -0.39 is 0 Å². The van der Waals surface area contributed by atoms with E-state index in [4.69, 9.17) is 4.74 Å². The highest BCUT2D eigenvalue weighted by Gasteiger charge is 2.25. The topological polar surface area (TPSA) is 21.3 Å². The van der Waals surface area contributed by atoms with Crippen LogP contribution in [-0.2, 0) is 4.74 Å². The number of rotatable bonds is 6. The normalized spacial score (nSPS) is 32.6. The van der Waals surface area contributed by atoms with Gasteiger partial charge in [-0.3, -0.25) is 0 Å². The molecule has 0 aromatic heterocycles. The summed E-state index contributed by atoms with van der Waals surface area (Å²) in [5, 5.41) is 3.37. The third-order valence-corrected chi connectivity index (χ3v) is 3.91. The first-order chi connectivity index (χ1) is 7.63. The largest absolute Gasteiger partial charge is 0.378 e. The maximum Gasteiger partial charge on any atom is 0.0578 e. The SMILES string of the molecule is CCNCC(C)COC1CCC(C)C(C)C1. The van der Waals surface area contributed by atoms with Crippen LogP contribution < -0.4 is 5.32 Å². The molecule has 4 atom stereocenters. The first-order valence-corrected chi connectivity index (χ1v) is 6.95. The van der Waals surface area contributed by atoms with Crippen molar-refractivity contribution in [1.82, 2.24) is 5.32 Å². The molecule has 1 N–H and O–H groups in total. The molecule has 1 fully saturated rings. The highest BCUT2D eigenvalue weighted by atomic mass is 16.5. The Hall–Kier alpha value is -0.0800. The Morgan fingerprint density at radius 3 is 2.62 bits per heavy atom. The molecule has 0 amide bonds. The average molecular weight is 227 g/mol. The van der Waals surface area contributed by atoms with Gasteiger partial charge in [-0.2, -0.15) is 0 Å². The molecule has 16 heavy (non-hydrogen) atoms. The van der Waals surface area contributed by atoms with Crippen molar-refractivity contribution < 1.29 is 4.74 Å².